The number of rotatable bonds is 5. The van der Waals surface area contributed by atoms with Crippen LogP contribution >= 0.6 is 0 Å². The molecule has 0 aliphatic carbocycles. The maximum atomic E-state index is 12.4. The molecule has 3 rings (SSSR count). The van der Waals surface area contributed by atoms with Crippen molar-refractivity contribution in [3.05, 3.63) is 59.7 Å². The average Bonchev–Trinajstić information content (AvgIpc) is 2.66. The first-order chi connectivity index (χ1) is 13.5. The molecule has 2 aromatic rings. The number of likely N-dealkylation sites (tertiary alicyclic amines) is 1. The third kappa shape index (κ3) is 5.82. The second kappa shape index (κ2) is 9.37. The predicted molar refractivity (Wildman–Crippen MR) is 112 cm³/mol. The van der Waals surface area contributed by atoms with Gasteiger partial charge < -0.3 is 16.0 Å². The van der Waals surface area contributed by atoms with Crippen LogP contribution in [0, 0.1) is 6.92 Å². The Morgan fingerprint density at radius 2 is 1.75 bits per heavy atom. The summed E-state index contributed by atoms with van der Waals surface area (Å²) in [4.78, 5) is 26.1. The molecule has 0 radical (unpaired) electrons. The van der Waals surface area contributed by atoms with E-state index in [1.165, 1.54) is 12.5 Å². The molecule has 3 amide bonds. The number of nitrogens with one attached hydrogen (secondary N) is 3. The van der Waals surface area contributed by atoms with Crippen LogP contribution in [0.15, 0.2) is 48.5 Å². The first-order valence-corrected chi connectivity index (χ1v) is 9.71. The van der Waals surface area contributed by atoms with E-state index in [1.807, 2.05) is 25.1 Å². The number of amides is 3. The fraction of sp³-hybridized carbons (Fsp3) is 0.364. The van der Waals surface area contributed by atoms with Crippen molar-refractivity contribution in [2.45, 2.75) is 39.3 Å². The number of urea groups is 1. The quantitative estimate of drug-likeness (QED) is 0.740. The van der Waals surface area contributed by atoms with Gasteiger partial charge in [0.15, 0.2) is 0 Å². The third-order valence-electron chi connectivity index (χ3n) is 4.98. The minimum atomic E-state index is -0.204. The minimum absolute atomic E-state index is 0.137. The molecule has 0 aromatic heterocycles. The van der Waals surface area contributed by atoms with Crippen molar-refractivity contribution in [2.75, 3.05) is 23.7 Å². The number of benzene rings is 2. The van der Waals surface area contributed by atoms with E-state index in [9.17, 15) is 9.59 Å². The van der Waals surface area contributed by atoms with Gasteiger partial charge in [-0.2, -0.15) is 0 Å². The second-order valence-corrected chi connectivity index (χ2v) is 7.35. The molecule has 0 spiro atoms. The van der Waals surface area contributed by atoms with Gasteiger partial charge in [0.2, 0.25) is 5.91 Å². The zero-order valence-electron chi connectivity index (χ0n) is 16.5. The molecule has 3 N–H and O–H groups in total. The van der Waals surface area contributed by atoms with Crippen LogP contribution in [-0.4, -0.2) is 36.0 Å². The average molecular weight is 380 g/mol. The van der Waals surface area contributed by atoms with E-state index in [0.29, 0.717) is 11.4 Å². The Morgan fingerprint density at radius 1 is 1.04 bits per heavy atom. The Morgan fingerprint density at radius 3 is 2.43 bits per heavy atom. The molecule has 28 heavy (non-hydrogen) atoms. The lowest BCUT2D eigenvalue weighted by Gasteiger charge is -2.32. The molecule has 1 fully saturated rings. The zero-order chi connectivity index (χ0) is 19.9. The van der Waals surface area contributed by atoms with Crippen LogP contribution in [0.5, 0.6) is 0 Å². The SMILES string of the molecule is CC(=O)Nc1ccc(C)c(NC(=O)NC2CCN(Cc3ccccc3)CC2)c1. The summed E-state index contributed by atoms with van der Waals surface area (Å²) in [7, 11) is 0. The summed E-state index contributed by atoms with van der Waals surface area (Å²) < 4.78 is 0. The molecule has 0 bridgehead atoms. The highest BCUT2D eigenvalue weighted by Crippen LogP contribution is 2.20. The summed E-state index contributed by atoms with van der Waals surface area (Å²) in [6, 6.07) is 15.9. The molecule has 148 valence electrons. The Hall–Kier alpha value is -2.86. The van der Waals surface area contributed by atoms with Gasteiger partial charge in [0.1, 0.15) is 0 Å². The lowest BCUT2D eigenvalue weighted by atomic mass is 10.0. The summed E-state index contributed by atoms with van der Waals surface area (Å²) in [5, 5.41) is 8.72. The lowest BCUT2D eigenvalue weighted by molar-refractivity contribution is -0.114. The number of hydrogen-bond acceptors (Lipinski definition) is 3. The van der Waals surface area contributed by atoms with Crippen LogP contribution in [0.2, 0.25) is 0 Å². The van der Waals surface area contributed by atoms with Crippen molar-refractivity contribution in [3.63, 3.8) is 0 Å². The maximum absolute atomic E-state index is 12.4. The van der Waals surface area contributed by atoms with E-state index >= 15 is 0 Å². The summed E-state index contributed by atoms with van der Waals surface area (Å²) in [6.45, 7) is 6.28. The van der Waals surface area contributed by atoms with Crippen molar-refractivity contribution in [1.29, 1.82) is 0 Å². The van der Waals surface area contributed by atoms with E-state index in [0.717, 1.165) is 38.0 Å². The Labute approximate surface area is 166 Å². The van der Waals surface area contributed by atoms with Gasteiger partial charge in [0.05, 0.1) is 0 Å². The Bertz CT molecular complexity index is 815. The first kappa shape index (κ1) is 19.9. The molecule has 0 saturated carbocycles. The van der Waals surface area contributed by atoms with Gasteiger partial charge in [-0.25, -0.2) is 4.79 Å². The molecule has 6 heteroatoms. The first-order valence-electron chi connectivity index (χ1n) is 9.71. The van der Waals surface area contributed by atoms with Gasteiger partial charge in [-0.1, -0.05) is 36.4 Å². The number of nitrogens with zero attached hydrogens (tertiary/aromatic N) is 1. The van der Waals surface area contributed by atoms with Gasteiger partial charge in [0.25, 0.3) is 0 Å². The molecule has 2 aromatic carbocycles. The summed E-state index contributed by atoms with van der Waals surface area (Å²) in [5.74, 6) is -0.137. The lowest BCUT2D eigenvalue weighted by Crippen LogP contribution is -2.45. The molecule has 1 heterocycles. The largest absolute Gasteiger partial charge is 0.335 e. The van der Waals surface area contributed by atoms with Crippen molar-refractivity contribution in [3.8, 4) is 0 Å². The topological polar surface area (TPSA) is 73.5 Å². The van der Waals surface area contributed by atoms with Crippen LogP contribution in [-0.2, 0) is 11.3 Å². The van der Waals surface area contributed by atoms with Crippen LogP contribution in [0.3, 0.4) is 0 Å². The van der Waals surface area contributed by atoms with E-state index in [-0.39, 0.29) is 18.0 Å². The predicted octanol–water partition coefficient (Wildman–Crippen LogP) is 3.74. The van der Waals surface area contributed by atoms with Gasteiger partial charge in [-0.3, -0.25) is 9.69 Å². The molecule has 0 atom stereocenters. The molecule has 1 aliphatic rings. The highest BCUT2D eigenvalue weighted by molar-refractivity contribution is 5.93. The van der Waals surface area contributed by atoms with Gasteiger partial charge in [-0.15, -0.1) is 0 Å². The van der Waals surface area contributed by atoms with Crippen molar-refractivity contribution >= 4 is 23.3 Å². The third-order valence-corrected chi connectivity index (χ3v) is 4.98. The highest BCUT2D eigenvalue weighted by atomic mass is 16.2. The fourth-order valence-corrected chi connectivity index (χ4v) is 3.46. The Kier molecular flexibility index (Phi) is 6.66. The van der Waals surface area contributed by atoms with Crippen LogP contribution < -0.4 is 16.0 Å². The van der Waals surface area contributed by atoms with Gasteiger partial charge in [-0.05, 0) is 43.0 Å². The second-order valence-electron chi connectivity index (χ2n) is 7.35. The van der Waals surface area contributed by atoms with E-state index < -0.39 is 0 Å². The Balaban J connectivity index is 1.47. The number of carbonyl (C=O) groups is 2. The monoisotopic (exact) mass is 380 g/mol. The fourth-order valence-electron chi connectivity index (χ4n) is 3.46. The number of hydrogen-bond donors (Lipinski definition) is 3. The van der Waals surface area contributed by atoms with E-state index in [1.54, 1.807) is 6.07 Å². The minimum Gasteiger partial charge on any atom is -0.335 e. The van der Waals surface area contributed by atoms with Crippen LogP contribution in [0.4, 0.5) is 16.2 Å². The molecule has 6 nitrogen and oxygen atoms in total. The van der Waals surface area contributed by atoms with E-state index in [2.05, 4.69) is 45.1 Å². The number of carbonyl (C=O) groups excluding carboxylic acids is 2. The highest BCUT2D eigenvalue weighted by Gasteiger charge is 2.21. The number of piperidine rings is 1. The molecular weight excluding hydrogens is 352 g/mol. The van der Waals surface area contributed by atoms with E-state index in [4.69, 9.17) is 0 Å². The number of anilines is 2. The molecule has 1 saturated heterocycles. The molecule has 0 unspecified atom stereocenters. The molecule has 1 aliphatic heterocycles. The van der Waals surface area contributed by atoms with Crippen molar-refractivity contribution < 1.29 is 9.59 Å². The molecular formula is C22H28N4O2. The summed E-state index contributed by atoms with van der Waals surface area (Å²) in [6.07, 6.45) is 1.87. The van der Waals surface area contributed by atoms with Gasteiger partial charge in [0, 0.05) is 44.0 Å². The smallest absolute Gasteiger partial charge is 0.319 e. The van der Waals surface area contributed by atoms with Crippen molar-refractivity contribution in [2.24, 2.45) is 0 Å². The van der Waals surface area contributed by atoms with Crippen LogP contribution in [0.1, 0.15) is 30.9 Å². The van der Waals surface area contributed by atoms with Gasteiger partial charge >= 0.3 is 6.03 Å². The van der Waals surface area contributed by atoms with Crippen LogP contribution in [0.25, 0.3) is 0 Å². The zero-order valence-corrected chi connectivity index (χ0v) is 16.5. The van der Waals surface area contributed by atoms with Crippen molar-refractivity contribution in [1.82, 2.24) is 10.2 Å². The normalized spacial score (nSPS) is 15.1. The standard InChI is InChI=1S/C22H28N4O2/c1-16-8-9-20(23-17(2)27)14-21(16)25-22(28)24-19-10-12-26(13-11-19)15-18-6-4-3-5-7-18/h3-9,14,19H,10-13,15H2,1-2H3,(H,23,27)(H2,24,25,28). The summed E-state index contributed by atoms with van der Waals surface area (Å²) in [5.41, 5.74) is 3.64. The number of aryl methyl sites for hydroxylation is 1. The summed E-state index contributed by atoms with van der Waals surface area (Å²) >= 11 is 0. The maximum Gasteiger partial charge on any atom is 0.319 e.